The standard InChI is InChI=1S/C16H13N3O/c17-9-8-16-18-11-14-15(7-4-10-19(14)16)20-12-13-5-2-1-3-6-13/h1-7,10-11H,8,12H2. The first kappa shape index (κ1) is 12.2. The van der Waals surface area contributed by atoms with E-state index in [0.717, 1.165) is 22.7 Å². The molecular formula is C16H13N3O. The number of pyridine rings is 1. The minimum absolute atomic E-state index is 0.288. The van der Waals surface area contributed by atoms with E-state index in [1.165, 1.54) is 0 Å². The summed E-state index contributed by atoms with van der Waals surface area (Å²) in [6, 6.07) is 15.9. The number of fused-ring (bicyclic) bond motifs is 1. The lowest BCUT2D eigenvalue weighted by Crippen LogP contribution is -1.98. The molecule has 20 heavy (non-hydrogen) atoms. The van der Waals surface area contributed by atoms with Gasteiger partial charge in [-0.15, -0.1) is 0 Å². The largest absolute Gasteiger partial charge is 0.487 e. The number of nitriles is 1. The predicted octanol–water partition coefficient (Wildman–Crippen LogP) is 2.98. The first-order chi connectivity index (χ1) is 9.88. The van der Waals surface area contributed by atoms with Crippen LogP contribution in [0.15, 0.2) is 54.9 Å². The summed E-state index contributed by atoms with van der Waals surface area (Å²) in [4.78, 5) is 4.26. The van der Waals surface area contributed by atoms with Gasteiger partial charge < -0.3 is 4.74 Å². The van der Waals surface area contributed by atoms with Crippen LogP contribution >= 0.6 is 0 Å². The molecule has 4 nitrogen and oxygen atoms in total. The molecule has 0 unspecified atom stereocenters. The van der Waals surface area contributed by atoms with E-state index in [4.69, 9.17) is 10.00 Å². The molecule has 0 aliphatic carbocycles. The van der Waals surface area contributed by atoms with E-state index in [2.05, 4.69) is 11.1 Å². The molecule has 0 aliphatic rings. The average molecular weight is 263 g/mol. The summed E-state index contributed by atoms with van der Waals surface area (Å²) in [5, 5.41) is 8.78. The first-order valence-electron chi connectivity index (χ1n) is 6.37. The summed E-state index contributed by atoms with van der Waals surface area (Å²) < 4.78 is 7.75. The number of ether oxygens (including phenoxy) is 1. The summed E-state index contributed by atoms with van der Waals surface area (Å²) in [5.41, 5.74) is 2.00. The Balaban J connectivity index is 1.87. The number of rotatable bonds is 4. The molecule has 4 heteroatoms. The third-order valence-electron chi connectivity index (χ3n) is 3.08. The zero-order chi connectivity index (χ0) is 13.8. The smallest absolute Gasteiger partial charge is 0.145 e. The highest BCUT2D eigenvalue weighted by atomic mass is 16.5. The first-order valence-corrected chi connectivity index (χ1v) is 6.37. The van der Waals surface area contributed by atoms with Gasteiger partial charge in [-0.2, -0.15) is 5.26 Å². The van der Waals surface area contributed by atoms with Gasteiger partial charge in [0, 0.05) is 6.20 Å². The lowest BCUT2D eigenvalue weighted by Gasteiger charge is -2.08. The molecule has 98 valence electrons. The van der Waals surface area contributed by atoms with Crippen LogP contribution in [-0.2, 0) is 13.0 Å². The second-order valence-electron chi connectivity index (χ2n) is 4.41. The molecule has 0 spiro atoms. The van der Waals surface area contributed by atoms with Gasteiger partial charge in [0.15, 0.2) is 0 Å². The highest BCUT2D eigenvalue weighted by Gasteiger charge is 2.07. The fraction of sp³-hybridized carbons (Fsp3) is 0.125. The molecular weight excluding hydrogens is 250 g/mol. The lowest BCUT2D eigenvalue weighted by atomic mass is 10.2. The fourth-order valence-electron chi connectivity index (χ4n) is 2.11. The van der Waals surface area contributed by atoms with Crippen LogP contribution in [0.2, 0.25) is 0 Å². The molecule has 0 atom stereocenters. The zero-order valence-electron chi connectivity index (χ0n) is 10.9. The normalized spacial score (nSPS) is 10.3. The Labute approximate surface area is 116 Å². The van der Waals surface area contributed by atoms with Gasteiger partial charge in [0.05, 0.1) is 18.7 Å². The van der Waals surface area contributed by atoms with E-state index in [1.54, 1.807) is 6.20 Å². The van der Waals surface area contributed by atoms with Crippen molar-refractivity contribution >= 4 is 5.52 Å². The third-order valence-corrected chi connectivity index (χ3v) is 3.08. The maximum Gasteiger partial charge on any atom is 0.145 e. The molecule has 1 aromatic carbocycles. The Morgan fingerprint density at radius 1 is 1.15 bits per heavy atom. The molecule has 2 aromatic heterocycles. The van der Waals surface area contributed by atoms with Gasteiger partial charge in [-0.25, -0.2) is 4.98 Å². The van der Waals surface area contributed by atoms with Crippen molar-refractivity contribution in [2.75, 3.05) is 0 Å². The number of hydrogen-bond acceptors (Lipinski definition) is 3. The highest BCUT2D eigenvalue weighted by molar-refractivity contribution is 5.59. The van der Waals surface area contributed by atoms with Gasteiger partial charge in [0.1, 0.15) is 23.7 Å². The minimum Gasteiger partial charge on any atom is -0.487 e. The van der Waals surface area contributed by atoms with Crippen LogP contribution in [0.4, 0.5) is 0 Å². The van der Waals surface area contributed by atoms with Crippen molar-refractivity contribution in [2.24, 2.45) is 0 Å². The Bertz CT molecular complexity index is 756. The van der Waals surface area contributed by atoms with Crippen LogP contribution in [0.25, 0.3) is 5.52 Å². The van der Waals surface area contributed by atoms with Crippen molar-refractivity contribution in [1.29, 1.82) is 5.26 Å². The van der Waals surface area contributed by atoms with Crippen LogP contribution in [0.3, 0.4) is 0 Å². The van der Waals surface area contributed by atoms with Crippen LogP contribution in [-0.4, -0.2) is 9.38 Å². The van der Waals surface area contributed by atoms with Crippen molar-refractivity contribution in [1.82, 2.24) is 9.38 Å². The minimum atomic E-state index is 0.288. The average Bonchev–Trinajstić information content (AvgIpc) is 2.91. The van der Waals surface area contributed by atoms with E-state index in [0.29, 0.717) is 6.61 Å². The van der Waals surface area contributed by atoms with Crippen molar-refractivity contribution in [3.63, 3.8) is 0 Å². The fourth-order valence-corrected chi connectivity index (χ4v) is 2.11. The highest BCUT2D eigenvalue weighted by Crippen LogP contribution is 2.21. The van der Waals surface area contributed by atoms with Crippen molar-refractivity contribution < 1.29 is 4.74 Å². The van der Waals surface area contributed by atoms with Crippen molar-refractivity contribution in [3.05, 3.63) is 66.2 Å². The molecule has 0 aliphatic heterocycles. The van der Waals surface area contributed by atoms with Gasteiger partial charge in [0.2, 0.25) is 0 Å². The number of benzene rings is 1. The SMILES string of the molecule is N#CCc1ncc2c(OCc3ccccc3)cccn12. The second-order valence-corrected chi connectivity index (χ2v) is 4.41. The Morgan fingerprint density at radius 2 is 2.00 bits per heavy atom. The quantitative estimate of drug-likeness (QED) is 0.727. The molecule has 2 heterocycles. The van der Waals surface area contributed by atoms with E-state index in [1.807, 2.05) is 53.1 Å². The van der Waals surface area contributed by atoms with E-state index in [-0.39, 0.29) is 6.42 Å². The Kier molecular flexibility index (Phi) is 3.34. The van der Waals surface area contributed by atoms with Gasteiger partial charge in [0.25, 0.3) is 0 Å². The van der Waals surface area contributed by atoms with E-state index < -0.39 is 0 Å². The molecule has 0 bridgehead atoms. The summed E-state index contributed by atoms with van der Waals surface area (Å²) in [7, 11) is 0. The van der Waals surface area contributed by atoms with Crippen LogP contribution < -0.4 is 4.74 Å². The number of aromatic nitrogens is 2. The van der Waals surface area contributed by atoms with Crippen LogP contribution in [0.5, 0.6) is 5.75 Å². The molecule has 3 aromatic rings. The van der Waals surface area contributed by atoms with Gasteiger partial charge in [-0.05, 0) is 17.7 Å². The maximum absolute atomic E-state index is 8.78. The molecule has 0 saturated carbocycles. The zero-order valence-corrected chi connectivity index (χ0v) is 10.9. The van der Waals surface area contributed by atoms with E-state index in [9.17, 15) is 0 Å². The van der Waals surface area contributed by atoms with Crippen molar-refractivity contribution in [2.45, 2.75) is 13.0 Å². The summed E-state index contributed by atoms with van der Waals surface area (Å²) in [5.74, 6) is 1.50. The predicted molar refractivity (Wildman–Crippen MR) is 75.3 cm³/mol. The molecule has 0 N–H and O–H groups in total. The summed E-state index contributed by atoms with van der Waals surface area (Å²) in [6.07, 6.45) is 3.92. The topological polar surface area (TPSA) is 50.3 Å². The van der Waals surface area contributed by atoms with Crippen molar-refractivity contribution in [3.8, 4) is 11.8 Å². The summed E-state index contributed by atoms with van der Waals surface area (Å²) in [6.45, 7) is 0.513. The second kappa shape index (κ2) is 5.45. The van der Waals surface area contributed by atoms with Crippen LogP contribution in [0, 0.1) is 11.3 Å². The van der Waals surface area contributed by atoms with Gasteiger partial charge in [-0.3, -0.25) is 4.40 Å². The van der Waals surface area contributed by atoms with E-state index >= 15 is 0 Å². The maximum atomic E-state index is 8.78. The Hall–Kier alpha value is -2.80. The Morgan fingerprint density at radius 3 is 2.80 bits per heavy atom. The molecule has 0 amide bonds. The van der Waals surface area contributed by atoms with Gasteiger partial charge in [-0.1, -0.05) is 30.3 Å². The van der Waals surface area contributed by atoms with Crippen LogP contribution in [0.1, 0.15) is 11.4 Å². The molecule has 3 rings (SSSR count). The lowest BCUT2D eigenvalue weighted by molar-refractivity contribution is 0.309. The third kappa shape index (κ3) is 2.34. The molecule has 0 radical (unpaired) electrons. The molecule has 0 saturated heterocycles. The number of hydrogen-bond donors (Lipinski definition) is 0. The summed E-state index contributed by atoms with van der Waals surface area (Å²) >= 11 is 0. The van der Waals surface area contributed by atoms with Gasteiger partial charge >= 0.3 is 0 Å². The number of imidazole rings is 1. The molecule has 0 fully saturated rings. The monoisotopic (exact) mass is 263 g/mol. The number of nitrogens with zero attached hydrogens (tertiary/aromatic N) is 3.